The first-order chi connectivity index (χ1) is 6.05. The van der Waals surface area contributed by atoms with E-state index in [-0.39, 0.29) is 28.8 Å². The molecule has 1 radical (unpaired) electrons. The van der Waals surface area contributed by atoms with Crippen molar-refractivity contribution in [2.75, 3.05) is 0 Å². The molecule has 1 aliphatic rings. The van der Waals surface area contributed by atoms with Crippen LogP contribution in [0.2, 0.25) is 0 Å². The van der Waals surface area contributed by atoms with Gasteiger partial charge in [-0.15, -0.1) is 0 Å². The molecule has 0 aliphatic carbocycles. The van der Waals surface area contributed by atoms with Gasteiger partial charge in [0.2, 0.25) is 0 Å². The molecule has 14 heavy (non-hydrogen) atoms. The average molecular weight is 294 g/mol. The van der Waals surface area contributed by atoms with Gasteiger partial charge in [-0.05, 0) is 12.8 Å². The third-order valence-corrected chi connectivity index (χ3v) is 2.82. The number of ether oxygens (including phenoxy) is 1. The van der Waals surface area contributed by atoms with E-state index in [9.17, 15) is 9.59 Å². The van der Waals surface area contributed by atoms with Crippen LogP contribution in [0.25, 0.3) is 0 Å². The summed E-state index contributed by atoms with van der Waals surface area (Å²) in [6.07, 6.45) is 1.13. The molecule has 1 atom stereocenters. The number of hydrogen-bond donors (Lipinski definition) is 1. The third kappa shape index (κ3) is 2.19. The fourth-order valence-corrected chi connectivity index (χ4v) is 1.89. The second kappa shape index (κ2) is 4.96. The van der Waals surface area contributed by atoms with E-state index in [4.69, 9.17) is 9.84 Å². The molecule has 0 aromatic carbocycles. The van der Waals surface area contributed by atoms with Crippen LogP contribution in [0.1, 0.15) is 33.1 Å². The van der Waals surface area contributed by atoms with Crippen molar-refractivity contribution in [2.45, 2.75) is 38.7 Å². The van der Waals surface area contributed by atoms with Crippen LogP contribution in [0.4, 0.5) is 0 Å². The van der Waals surface area contributed by atoms with Gasteiger partial charge in [0.1, 0.15) is 11.5 Å². The number of carboxylic acids is 1. The summed E-state index contributed by atoms with van der Waals surface area (Å²) in [7, 11) is 0. The van der Waals surface area contributed by atoms with Gasteiger partial charge < -0.3 is 9.84 Å². The van der Waals surface area contributed by atoms with Gasteiger partial charge in [-0.25, -0.2) is 0 Å². The Morgan fingerprint density at radius 2 is 2.07 bits per heavy atom. The van der Waals surface area contributed by atoms with E-state index in [1.807, 2.05) is 13.8 Å². The maximum Gasteiger partial charge on any atom is 0.311 e. The van der Waals surface area contributed by atoms with Crippen molar-refractivity contribution in [1.29, 1.82) is 0 Å². The molecule has 1 N–H and O–H groups in total. The van der Waals surface area contributed by atoms with E-state index < -0.39 is 23.5 Å². The molecular formula is C9H14AgO4. The minimum atomic E-state index is -0.936. The van der Waals surface area contributed by atoms with Gasteiger partial charge >= 0.3 is 11.9 Å². The molecule has 1 saturated heterocycles. The van der Waals surface area contributed by atoms with Crippen LogP contribution >= 0.6 is 0 Å². The largest absolute Gasteiger partial charge is 0.481 e. The zero-order valence-corrected chi connectivity index (χ0v) is 9.65. The number of esters is 1. The van der Waals surface area contributed by atoms with Crippen LogP contribution in [0, 0.1) is 5.92 Å². The summed E-state index contributed by atoms with van der Waals surface area (Å²) in [5.41, 5.74) is -0.761. The second-order valence-corrected chi connectivity index (χ2v) is 3.34. The van der Waals surface area contributed by atoms with Crippen LogP contribution in [-0.4, -0.2) is 22.6 Å². The third-order valence-electron chi connectivity index (χ3n) is 2.82. The van der Waals surface area contributed by atoms with Crippen molar-refractivity contribution in [3.63, 3.8) is 0 Å². The van der Waals surface area contributed by atoms with Gasteiger partial charge in [0, 0.05) is 22.4 Å². The predicted octanol–water partition coefficient (Wildman–Crippen LogP) is 1.19. The maximum atomic E-state index is 11.0. The number of carbonyl (C=O) groups excluding carboxylic acids is 1. The number of hydrogen-bond acceptors (Lipinski definition) is 3. The minimum absolute atomic E-state index is 0. The standard InChI is InChI=1S/C9H14O4.Ag/c1-3-9(4-2)6(8(11)12)5-7(10)13-9;/h6H,3-5H2,1-2H3,(H,11,12);. The van der Waals surface area contributed by atoms with Crippen molar-refractivity contribution < 1.29 is 41.8 Å². The van der Waals surface area contributed by atoms with Crippen molar-refractivity contribution in [2.24, 2.45) is 5.92 Å². The van der Waals surface area contributed by atoms with Crippen LogP contribution in [0.5, 0.6) is 0 Å². The van der Waals surface area contributed by atoms with Crippen molar-refractivity contribution in [1.82, 2.24) is 0 Å². The molecule has 85 valence electrons. The van der Waals surface area contributed by atoms with Crippen LogP contribution < -0.4 is 0 Å². The van der Waals surface area contributed by atoms with E-state index in [0.717, 1.165) is 0 Å². The van der Waals surface area contributed by atoms with Gasteiger partial charge in [-0.1, -0.05) is 13.8 Å². The topological polar surface area (TPSA) is 63.6 Å². The van der Waals surface area contributed by atoms with Crippen molar-refractivity contribution in [3.05, 3.63) is 0 Å². The molecule has 1 aliphatic heterocycles. The summed E-state index contributed by atoms with van der Waals surface area (Å²) in [5.74, 6) is -2.00. The summed E-state index contributed by atoms with van der Waals surface area (Å²) in [6, 6.07) is 0. The summed E-state index contributed by atoms with van der Waals surface area (Å²) in [4.78, 5) is 21.9. The van der Waals surface area contributed by atoms with Crippen LogP contribution in [0.15, 0.2) is 0 Å². The van der Waals surface area contributed by atoms with Crippen molar-refractivity contribution in [3.8, 4) is 0 Å². The Labute approximate surface area is 98.5 Å². The molecule has 1 heterocycles. The van der Waals surface area contributed by atoms with E-state index in [0.29, 0.717) is 12.8 Å². The summed E-state index contributed by atoms with van der Waals surface area (Å²) < 4.78 is 5.10. The van der Waals surface area contributed by atoms with Crippen LogP contribution in [-0.2, 0) is 36.7 Å². The van der Waals surface area contributed by atoms with Crippen molar-refractivity contribution >= 4 is 11.9 Å². The molecular weight excluding hydrogens is 280 g/mol. The SMILES string of the molecule is CCC1(CC)OC(=O)CC1C(=O)O.[Ag]. The summed E-state index contributed by atoms with van der Waals surface area (Å²) >= 11 is 0. The van der Waals surface area contributed by atoms with E-state index in [1.165, 1.54) is 0 Å². The Morgan fingerprint density at radius 3 is 2.36 bits per heavy atom. The Bertz CT molecular complexity index is 235. The smallest absolute Gasteiger partial charge is 0.311 e. The molecule has 1 rings (SSSR count). The Hall–Kier alpha value is -0.320. The number of carboxylic acid groups (broad SMARTS) is 1. The zero-order chi connectivity index (χ0) is 10.1. The van der Waals surface area contributed by atoms with E-state index in [1.54, 1.807) is 0 Å². The number of rotatable bonds is 3. The van der Waals surface area contributed by atoms with Gasteiger partial charge in [-0.2, -0.15) is 0 Å². The molecule has 0 aromatic rings. The maximum absolute atomic E-state index is 11.0. The first-order valence-corrected chi connectivity index (χ1v) is 4.50. The predicted molar refractivity (Wildman–Crippen MR) is 45.1 cm³/mol. The van der Waals surface area contributed by atoms with Gasteiger partial charge in [0.15, 0.2) is 0 Å². The fourth-order valence-electron chi connectivity index (χ4n) is 1.89. The minimum Gasteiger partial charge on any atom is -0.481 e. The first kappa shape index (κ1) is 13.7. The molecule has 1 unspecified atom stereocenters. The number of carbonyl (C=O) groups is 2. The summed E-state index contributed by atoms with van der Waals surface area (Å²) in [5, 5.41) is 8.90. The van der Waals surface area contributed by atoms with E-state index in [2.05, 4.69) is 0 Å². The quantitative estimate of drug-likeness (QED) is 0.627. The zero-order valence-electron chi connectivity index (χ0n) is 8.17. The fraction of sp³-hybridized carbons (Fsp3) is 0.778. The normalized spacial score (nSPS) is 23.9. The molecule has 0 spiro atoms. The first-order valence-electron chi connectivity index (χ1n) is 4.50. The Morgan fingerprint density at radius 1 is 1.57 bits per heavy atom. The Kier molecular flexibility index (Phi) is 4.84. The molecule has 0 aromatic heterocycles. The second-order valence-electron chi connectivity index (χ2n) is 3.34. The molecule has 5 heteroatoms. The molecule has 0 bridgehead atoms. The monoisotopic (exact) mass is 293 g/mol. The molecule has 1 fully saturated rings. The Balaban J connectivity index is 0.00000169. The van der Waals surface area contributed by atoms with Gasteiger partial charge in [0.05, 0.1) is 6.42 Å². The molecule has 0 amide bonds. The number of cyclic esters (lactones) is 1. The molecule has 0 saturated carbocycles. The molecule has 4 nitrogen and oxygen atoms in total. The van der Waals surface area contributed by atoms with Gasteiger partial charge in [-0.3, -0.25) is 9.59 Å². The average Bonchev–Trinajstić information content (AvgIpc) is 2.43. The van der Waals surface area contributed by atoms with Crippen LogP contribution in [0.3, 0.4) is 0 Å². The number of aliphatic carboxylic acids is 1. The summed E-state index contributed by atoms with van der Waals surface area (Å²) in [6.45, 7) is 3.69. The van der Waals surface area contributed by atoms with Gasteiger partial charge in [0.25, 0.3) is 0 Å². The van der Waals surface area contributed by atoms with E-state index >= 15 is 0 Å².